The Kier molecular flexibility index (Phi) is 8.41. The molecule has 0 aromatic heterocycles. The van der Waals surface area contributed by atoms with E-state index in [4.69, 9.17) is 4.74 Å². The molecule has 0 heterocycles. The third-order valence-corrected chi connectivity index (χ3v) is 2.80. The van der Waals surface area contributed by atoms with Gasteiger partial charge in [0, 0.05) is 13.2 Å². The molecule has 0 N–H and O–H groups in total. The van der Waals surface area contributed by atoms with Crippen LogP contribution in [0.5, 0.6) is 0 Å². The van der Waals surface area contributed by atoms with Gasteiger partial charge in [-0.3, -0.25) is 0 Å². The van der Waals surface area contributed by atoms with Crippen molar-refractivity contribution in [3.05, 3.63) is 71.8 Å². The lowest BCUT2D eigenvalue weighted by Gasteiger charge is -2.01. The molecule has 0 amide bonds. The van der Waals surface area contributed by atoms with E-state index >= 15 is 0 Å². The first-order valence-corrected chi connectivity index (χ1v) is 7.02. The second-order valence-corrected chi connectivity index (χ2v) is 4.25. The SMILES string of the molecule is CCOCC.c1ccc(CCc2ccccc2)cc1. The van der Waals surface area contributed by atoms with E-state index in [0.717, 1.165) is 26.1 Å². The highest BCUT2D eigenvalue weighted by Gasteiger charge is 1.93. The summed E-state index contributed by atoms with van der Waals surface area (Å²) in [6.07, 6.45) is 2.26. The fraction of sp³-hybridized carbons (Fsp3) is 0.333. The predicted molar refractivity (Wildman–Crippen MR) is 82.5 cm³/mol. The molecule has 0 bridgehead atoms. The second-order valence-electron chi connectivity index (χ2n) is 4.25. The van der Waals surface area contributed by atoms with E-state index in [9.17, 15) is 0 Å². The molecule has 0 spiro atoms. The van der Waals surface area contributed by atoms with Crippen LogP contribution in [0.25, 0.3) is 0 Å². The average molecular weight is 256 g/mol. The Hall–Kier alpha value is -1.60. The molecule has 0 radical (unpaired) electrons. The van der Waals surface area contributed by atoms with E-state index in [-0.39, 0.29) is 0 Å². The van der Waals surface area contributed by atoms with E-state index in [1.54, 1.807) is 0 Å². The zero-order valence-corrected chi connectivity index (χ0v) is 12.0. The molecule has 0 saturated heterocycles. The molecule has 2 aromatic rings. The van der Waals surface area contributed by atoms with E-state index in [1.807, 2.05) is 13.8 Å². The molecular formula is C18H24O. The highest BCUT2D eigenvalue weighted by molar-refractivity contribution is 5.19. The number of benzene rings is 2. The van der Waals surface area contributed by atoms with Gasteiger partial charge in [0.2, 0.25) is 0 Å². The minimum absolute atomic E-state index is 0.844. The van der Waals surface area contributed by atoms with Crippen LogP contribution in [-0.2, 0) is 17.6 Å². The summed E-state index contributed by atoms with van der Waals surface area (Å²) in [6, 6.07) is 21.2. The van der Waals surface area contributed by atoms with Gasteiger partial charge in [-0.05, 0) is 37.8 Å². The number of aryl methyl sites for hydroxylation is 2. The van der Waals surface area contributed by atoms with Crippen molar-refractivity contribution >= 4 is 0 Å². The van der Waals surface area contributed by atoms with Crippen molar-refractivity contribution in [1.29, 1.82) is 0 Å². The van der Waals surface area contributed by atoms with Crippen molar-refractivity contribution in [3.8, 4) is 0 Å². The quantitative estimate of drug-likeness (QED) is 0.764. The summed E-state index contributed by atoms with van der Waals surface area (Å²) < 4.78 is 4.83. The maximum atomic E-state index is 4.83. The molecule has 0 aliphatic carbocycles. The standard InChI is InChI=1S/C14H14.C4H10O/c1-3-7-13(8-4-1)11-12-14-9-5-2-6-10-14;1-3-5-4-2/h1-10H,11-12H2;3-4H2,1-2H3. The van der Waals surface area contributed by atoms with Gasteiger partial charge in [-0.2, -0.15) is 0 Å². The lowest BCUT2D eigenvalue weighted by Crippen LogP contribution is -1.89. The Balaban J connectivity index is 0.000000312. The van der Waals surface area contributed by atoms with Gasteiger partial charge < -0.3 is 4.74 Å². The van der Waals surface area contributed by atoms with E-state index in [1.165, 1.54) is 11.1 Å². The minimum Gasteiger partial charge on any atom is -0.382 e. The van der Waals surface area contributed by atoms with Gasteiger partial charge in [-0.15, -0.1) is 0 Å². The summed E-state index contributed by atoms with van der Waals surface area (Å²) in [7, 11) is 0. The van der Waals surface area contributed by atoms with Crippen molar-refractivity contribution < 1.29 is 4.74 Å². The lowest BCUT2D eigenvalue weighted by molar-refractivity contribution is 0.162. The van der Waals surface area contributed by atoms with E-state index in [0.29, 0.717) is 0 Å². The molecule has 2 aromatic carbocycles. The van der Waals surface area contributed by atoms with Gasteiger partial charge in [0.1, 0.15) is 0 Å². The smallest absolute Gasteiger partial charge is 0.0437 e. The van der Waals surface area contributed by atoms with Gasteiger partial charge in [0.05, 0.1) is 0 Å². The number of hydrogen-bond donors (Lipinski definition) is 0. The highest BCUT2D eigenvalue weighted by Crippen LogP contribution is 2.06. The van der Waals surface area contributed by atoms with Crippen LogP contribution in [0.2, 0.25) is 0 Å². The second kappa shape index (κ2) is 10.3. The first kappa shape index (κ1) is 15.5. The van der Waals surface area contributed by atoms with Crippen molar-refractivity contribution in [2.75, 3.05) is 13.2 Å². The molecule has 1 heteroatoms. The Morgan fingerprint density at radius 3 is 1.26 bits per heavy atom. The molecule has 0 unspecified atom stereocenters. The Morgan fingerprint density at radius 1 is 0.632 bits per heavy atom. The maximum absolute atomic E-state index is 4.83. The summed E-state index contributed by atoms with van der Waals surface area (Å²) in [5.41, 5.74) is 2.83. The molecule has 1 nitrogen and oxygen atoms in total. The summed E-state index contributed by atoms with van der Waals surface area (Å²) >= 11 is 0. The molecule has 2 rings (SSSR count). The average Bonchev–Trinajstić information content (AvgIpc) is 2.49. The normalized spacial score (nSPS) is 9.58. The Bertz CT molecular complexity index is 367. The van der Waals surface area contributed by atoms with Crippen LogP contribution >= 0.6 is 0 Å². The number of rotatable bonds is 5. The van der Waals surface area contributed by atoms with Crippen LogP contribution in [-0.4, -0.2) is 13.2 Å². The van der Waals surface area contributed by atoms with Crippen molar-refractivity contribution in [1.82, 2.24) is 0 Å². The molecule has 19 heavy (non-hydrogen) atoms. The van der Waals surface area contributed by atoms with Gasteiger partial charge >= 0.3 is 0 Å². The first-order valence-electron chi connectivity index (χ1n) is 7.02. The largest absolute Gasteiger partial charge is 0.382 e. The van der Waals surface area contributed by atoms with Gasteiger partial charge in [0.25, 0.3) is 0 Å². The summed E-state index contributed by atoms with van der Waals surface area (Å²) in [6.45, 7) is 5.67. The molecule has 0 saturated carbocycles. The fourth-order valence-electron chi connectivity index (χ4n) is 1.78. The fourth-order valence-corrected chi connectivity index (χ4v) is 1.78. The van der Waals surface area contributed by atoms with Crippen molar-refractivity contribution in [3.63, 3.8) is 0 Å². The van der Waals surface area contributed by atoms with Crippen molar-refractivity contribution in [2.45, 2.75) is 26.7 Å². The zero-order chi connectivity index (χ0) is 13.8. The lowest BCUT2D eigenvalue weighted by atomic mass is 10.0. The third kappa shape index (κ3) is 7.43. The van der Waals surface area contributed by atoms with Gasteiger partial charge in [-0.1, -0.05) is 60.7 Å². The first-order chi connectivity index (χ1) is 9.36. The van der Waals surface area contributed by atoms with Gasteiger partial charge in [-0.25, -0.2) is 0 Å². The molecule has 0 fully saturated rings. The summed E-state index contributed by atoms with van der Waals surface area (Å²) in [5.74, 6) is 0. The minimum atomic E-state index is 0.844. The molecule has 0 aliphatic rings. The Morgan fingerprint density at radius 2 is 1.00 bits per heavy atom. The summed E-state index contributed by atoms with van der Waals surface area (Å²) in [5, 5.41) is 0. The highest BCUT2D eigenvalue weighted by atomic mass is 16.5. The topological polar surface area (TPSA) is 9.23 Å². The van der Waals surface area contributed by atoms with Crippen LogP contribution in [0, 0.1) is 0 Å². The van der Waals surface area contributed by atoms with Crippen LogP contribution in [0.4, 0.5) is 0 Å². The van der Waals surface area contributed by atoms with Crippen LogP contribution in [0.1, 0.15) is 25.0 Å². The monoisotopic (exact) mass is 256 g/mol. The number of ether oxygens (including phenoxy) is 1. The third-order valence-electron chi connectivity index (χ3n) is 2.80. The van der Waals surface area contributed by atoms with Crippen LogP contribution < -0.4 is 0 Å². The van der Waals surface area contributed by atoms with Crippen LogP contribution in [0.3, 0.4) is 0 Å². The Labute approximate surface area is 117 Å². The molecule has 0 atom stereocenters. The van der Waals surface area contributed by atoms with Crippen LogP contribution in [0.15, 0.2) is 60.7 Å². The maximum Gasteiger partial charge on any atom is 0.0437 e. The van der Waals surface area contributed by atoms with Gasteiger partial charge in [0.15, 0.2) is 0 Å². The number of hydrogen-bond acceptors (Lipinski definition) is 1. The zero-order valence-electron chi connectivity index (χ0n) is 12.0. The van der Waals surface area contributed by atoms with E-state index in [2.05, 4.69) is 60.7 Å². The van der Waals surface area contributed by atoms with Crippen molar-refractivity contribution in [2.24, 2.45) is 0 Å². The molecule has 0 aliphatic heterocycles. The predicted octanol–water partition coefficient (Wildman–Crippen LogP) is 4.51. The molecule has 102 valence electrons. The van der Waals surface area contributed by atoms with E-state index < -0.39 is 0 Å². The summed E-state index contributed by atoms with van der Waals surface area (Å²) in [4.78, 5) is 0. The molecular weight excluding hydrogens is 232 g/mol.